The number of rotatable bonds is 2. The van der Waals surface area contributed by atoms with Crippen molar-refractivity contribution in [2.45, 2.75) is 6.04 Å². The van der Waals surface area contributed by atoms with Crippen LogP contribution in [0.4, 0.5) is 0 Å². The minimum absolute atomic E-state index is 0.112. The third kappa shape index (κ3) is 2.37. The number of carbonyl (C=O) groups excluding carboxylic acids is 1. The highest BCUT2D eigenvalue weighted by molar-refractivity contribution is 5.88. The number of methoxy groups -OCH3 is 1. The van der Waals surface area contributed by atoms with E-state index >= 15 is 0 Å². The monoisotopic (exact) mass is 222 g/mol. The van der Waals surface area contributed by atoms with E-state index in [-0.39, 0.29) is 12.0 Å². The minimum Gasteiger partial charge on any atom is -0.465 e. The number of esters is 1. The van der Waals surface area contributed by atoms with E-state index in [1.807, 2.05) is 6.07 Å². The van der Waals surface area contributed by atoms with Crippen LogP contribution in [-0.4, -0.2) is 37.8 Å². The molecule has 1 saturated heterocycles. The normalized spacial score (nSPS) is 20.4. The van der Waals surface area contributed by atoms with E-state index < -0.39 is 0 Å². The molecule has 2 heterocycles. The number of ether oxygens (including phenoxy) is 2. The summed E-state index contributed by atoms with van der Waals surface area (Å²) >= 11 is 0. The van der Waals surface area contributed by atoms with Crippen molar-refractivity contribution in [3.05, 3.63) is 29.6 Å². The van der Waals surface area contributed by atoms with Gasteiger partial charge < -0.3 is 14.8 Å². The van der Waals surface area contributed by atoms with E-state index in [0.29, 0.717) is 12.2 Å². The fourth-order valence-corrected chi connectivity index (χ4v) is 1.61. The number of pyridine rings is 1. The van der Waals surface area contributed by atoms with Crippen LogP contribution in [0.25, 0.3) is 0 Å². The van der Waals surface area contributed by atoms with E-state index in [2.05, 4.69) is 15.0 Å². The highest BCUT2D eigenvalue weighted by atomic mass is 16.5. The van der Waals surface area contributed by atoms with Crippen LogP contribution in [0.5, 0.6) is 0 Å². The van der Waals surface area contributed by atoms with E-state index in [1.54, 1.807) is 6.07 Å². The van der Waals surface area contributed by atoms with Gasteiger partial charge in [-0.2, -0.15) is 0 Å². The standard InChI is InChI=1S/C11H14N2O3/c1-15-11(14)8-2-3-9(13-6-8)10-7-16-5-4-12-10/h2-3,6,10,12H,4-5,7H2,1H3. The highest BCUT2D eigenvalue weighted by Crippen LogP contribution is 2.13. The zero-order valence-electron chi connectivity index (χ0n) is 9.10. The van der Waals surface area contributed by atoms with Gasteiger partial charge in [-0.05, 0) is 12.1 Å². The molecule has 0 spiro atoms. The van der Waals surface area contributed by atoms with E-state index in [4.69, 9.17) is 4.74 Å². The molecule has 1 unspecified atom stereocenters. The molecule has 16 heavy (non-hydrogen) atoms. The molecule has 1 atom stereocenters. The molecule has 1 aromatic rings. The molecule has 0 bridgehead atoms. The van der Waals surface area contributed by atoms with Gasteiger partial charge in [-0.3, -0.25) is 4.98 Å². The molecule has 2 rings (SSSR count). The Morgan fingerprint density at radius 2 is 2.50 bits per heavy atom. The average Bonchev–Trinajstić information content (AvgIpc) is 2.39. The maximum Gasteiger partial charge on any atom is 0.339 e. The Hall–Kier alpha value is -1.46. The molecule has 0 aromatic carbocycles. The van der Waals surface area contributed by atoms with Gasteiger partial charge in [-0.15, -0.1) is 0 Å². The van der Waals surface area contributed by atoms with Crippen LogP contribution in [0, 0.1) is 0 Å². The van der Waals surface area contributed by atoms with Gasteiger partial charge in [0.25, 0.3) is 0 Å². The number of aromatic nitrogens is 1. The van der Waals surface area contributed by atoms with Crippen molar-refractivity contribution in [3.63, 3.8) is 0 Å². The Labute approximate surface area is 93.8 Å². The second kappa shape index (κ2) is 5.05. The van der Waals surface area contributed by atoms with E-state index in [0.717, 1.165) is 18.8 Å². The Kier molecular flexibility index (Phi) is 3.48. The van der Waals surface area contributed by atoms with E-state index in [1.165, 1.54) is 13.3 Å². The Morgan fingerprint density at radius 1 is 1.62 bits per heavy atom. The molecule has 0 aliphatic carbocycles. The third-order valence-corrected chi connectivity index (χ3v) is 2.49. The number of hydrogen-bond acceptors (Lipinski definition) is 5. The largest absolute Gasteiger partial charge is 0.465 e. The lowest BCUT2D eigenvalue weighted by molar-refractivity contribution is 0.0600. The summed E-state index contributed by atoms with van der Waals surface area (Å²) in [7, 11) is 1.35. The quantitative estimate of drug-likeness (QED) is 0.739. The summed E-state index contributed by atoms with van der Waals surface area (Å²) in [4.78, 5) is 15.4. The van der Waals surface area contributed by atoms with Gasteiger partial charge >= 0.3 is 5.97 Å². The molecule has 0 saturated carbocycles. The summed E-state index contributed by atoms with van der Waals surface area (Å²) in [6, 6.07) is 3.64. The van der Waals surface area contributed by atoms with Crippen molar-refractivity contribution < 1.29 is 14.3 Å². The second-order valence-electron chi connectivity index (χ2n) is 3.54. The number of carbonyl (C=O) groups is 1. The second-order valence-corrected chi connectivity index (χ2v) is 3.54. The predicted octanol–water partition coefficient (Wildman–Crippen LogP) is 0.529. The van der Waals surface area contributed by atoms with Gasteiger partial charge in [-0.25, -0.2) is 4.79 Å². The Bertz CT molecular complexity index is 358. The van der Waals surface area contributed by atoms with Crippen LogP contribution in [0.3, 0.4) is 0 Å². The van der Waals surface area contributed by atoms with Crippen LogP contribution in [0.2, 0.25) is 0 Å². The molecular weight excluding hydrogens is 208 g/mol. The van der Waals surface area contributed by atoms with Crippen molar-refractivity contribution in [3.8, 4) is 0 Å². The van der Waals surface area contributed by atoms with Crippen LogP contribution in [0.15, 0.2) is 18.3 Å². The van der Waals surface area contributed by atoms with Crippen molar-refractivity contribution in [2.24, 2.45) is 0 Å². The molecule has 1 N–H and O–H groups in total. The maximum absolute atomic E-state index is 11.2. The van der Waals surface area contributed by atoms with Crippen LogP contribution in [0.1, 0.15) is 22.1 Å². The molecule has 1 fully saturated rings. The first-order valence-corrected chi connectivity index (χ1v) is 5.16. The number of hydrogen-bond donors (Lipinski definition) is 1. The fraction of sp³-hybridized carbons (Fsp3) is 0.455. The smallest absolute Gasteiger partial charge is 0.339 e. The van der Waals surface area contributed by atoms with Crippen molar-refractivity contribution in [1.82, 2.24) is 10.3 Å². The van der Waals surface area contributed by atoms with Crippen molar-refractivity contribution in [1.29, 1.82) is 0 Å². The van der Waals surface area contributed by atoms with Crippen LogP contribution < -0.4 is 5.32 Å². The van der Waals surface area contributed by atoms with Gasteiger partial charge in [-0.1, -0.05) is 0 Å². The van der Waals surface area contributed by atoms with Gasteiger partial charge in [0.2, 0.25) is 0 Å². The predicted molar refractivity (Wildman–Crippen MR) is 57.1 cm³/mol. The molecule has 5 nitrogen and oxygen atoms in total. The Morgan fingerprint density at radius 3 is 3.06 bits per heavy atom. The van der Waals surface area contributed by atoms with E-state index in [9.17, 15) is 4.79 Å². The van der Waals surface area contributed by atoms with Gasteiger partial charge in [0.1, 0.15) is 0 Å². The zero-order valence-corrected chi connectivity index (χ0v) is 9.10. The van der Waals surface area contributed by atoms with Crippen molar-refractivity contribution >= 4 is 5.97 Å². The molecular formula is C11H14N2O3. The maximum atomic E-state index is 11.2. The lowest BCUT2D eigenvalue weighted by Crippen LogP contribution is -2.35. The number of morpholine rings is 1. The lowest BCUT2D eigenvalue weighted by Gasteiger charge is -2.23. The molecule has 1 aliphatic heterocycles. The first kappa shape index (κ1) is 11.0. The fourth-order valence-electron chi connectivity index (χ4n) is 1.61. The topological polar surface area (TPSA) is 60.5 Å². The van der Waals surface area contributed by atoms with Crippen LogP contribution >= 0.6 is 0 Å². The van der Waals surface area contributed by atoms with Crippen LogP contribution in [-0.2, 0) is 9.47 Å². The summed E-state index contributed by atoms with van der Waals surface area (Å²) in [5.41, 5.74) is 1.34. The SMILES string of the molecule is COC(=O)c1ccc(C2COCCN2)nc1. The first-order chi connectivity index (χ1) is 7.81. The summed E-state index contributed by atoms with van der Waals surface area (Å²) in [5, 5.41) is 3.29. The number of nitrogens with one attached hydrogen (secondary N) is 1. The zero-order chi connectivity index (χ0) is 11.4. The van der Waals surface area contributed by atoms with Gasteiger partial charge in [0.05, 0.1) is 37.6 Å². The molecule has 0 radical (unpaired) electrons. The van der Waals surface area contributed by atoms with Crippen molar-refractivity contribution in [2.75, 3.05) is 26.9 Å². The third-order valence-electron chi connectivity index (χ3n) is 2.49. The summed E-state index contributed by atoms with van der Waals surface area (Å²) in [5.74, 6) is -0.369. The summed E-state index contributed by atoms with van der Waals surface area (Å²) in [6.07, 6.45) is 1.53. The number of nitrogens with zero attached hydrogens (tertiary/aromatic N) is 1. The molecule has 5 heteroatoms. The average molecular weight is 222 g/mol. The Balaban J connectivity index is 2.09. The minimum atomic E-state index is -0.369. The van der Waals surface area contributed by atoms with Gasteiger partial charge in [0, 0.05) is 12.7 Å². The first-order valence-electron chi connectivity index (χ1n) is 5.16. The molecule has 1 aromatic heterocycles. The molecule has 0 amide bonds. The summed E-state index contributed by atoms with van der Waals surface area (Å²) in [6.45, 7) is 2.17. The molecule has 1 aliphatic rings. The highest BCUT2D eigenvalue weighted by Gasteiger charge is 2.16. The summed E-state index contributed by atoms with van der Waals surface area (Å²) < 4.78 is 9.94. The lowest BCUT2D eigenvalue weighted by atomic mass is 10.1. The molecule has 86 valence electrons. The van der Waals surface area contributed by atoms with Gasteiger partial charge in [0.15, 0.2) is 0 Å².